The fourth-order valence-corrected chi connectivity index (χ4v) is 3.88. The number of amides is 2. The zero-order chi connectivity index (χ0) is 26.6. The van der Waals surface area contributed by atoms with Crippen LogP contribution in [0.15, 0.2) is 6.07 Å². The van der Waals surface area contributed by atoms with Crippen LogP contribution in [0.5, 0.6) is 0 Å². The van der Waals surface area contributed by atoms with Crippen LogP contribution in [-0.2, 0) is 11.8 Å². The SMILES string of the molecule is [2H]C([2H])([2H])NC(=O)c1nnc(NC(=O)C2CC2)cc1Nc1nc(C)nc2c1N(C)[C@H](C)c1nn(C)nc1-2. The lowest BCUT2D eigenvalue weighted by Gasteiger charge is -2.32. The Hall–Kier alpha value is -4.16. The van der Waals surface area contributed by atoms with Crippen LogP contribution in [0, 0.1) is 12.8 Å². The summed E-state index contributed by atoms with van der Waals surface area (Å²) in [6, 6.07) is 1.26. The summed E-state index contributed by atoms with van der Waals surface area (Å²) in [5.41, 5.74) is 2.36. The fraction of sp³-hybridized carbons (Fsp3) is 0.429. The maximum atomic E-state index is 12.8. The van der Waals surface area contributed by atoms with Crippen LogP contribution in [0.2, 0.25) is 0 Å². The Kier molecular flexibility index (Phi) is 4.31. The van der Waals surface area contributed by atoms with Crippen molar-refractivity contribution >= 4 is 34.8 Å². The minimum absolute atomic E-state index is 0.0791. The largest absolute Gasteiger partial charge is 0.361 e. The van der Waals surface area contributed by atoms with Gasteiger partial charge in [0.1, 0.15) is 28.6 Å². The van der Waals surface area contributed by atoms with Gasteiger partial charge in [0.05, 0.1) is 11.7 Å². The summed E-state index contributed by atoms with van der Waals surface area (Å²) in [4.78, 5) is 37.6. The molecule has 2 aliphatic rings. The molecule has 1 saturated carbocycles. The normalized spacial score (nSPS) is 18.2. The Morgan fingerprint density at radius 1 is 1.15 bits per heavy atom. The Balaban J connectivity index is 1.60. The van der Waals surface area contributed by atoms with E-state index >= 15 is 0 Å². The van der Waals surface area contributed by atoms with Crippen LogP contribution in [0.3, 0.4) is 0 Å². The van der Waals surface area contributed by atoms with Gasteiger partial charge in [-0.3, -0.25) is 9.59 Å². The van der Waals surface area contributed by atoms with Gasteiger partial charge >= 0.3 is 0 Å². The van der Waals surface area contributed by atoms with E-state index in [1.54, 1.807) is 14.0 Å². The second kappa shape index (κ2) is 8.01. The third kappa shape index (κ3) is 3.68. The first-order valence-electron chi connectivity index (χ1n) is 12.2. The lowest BCUT2D eigenvalue weighted by atomic mass is 10.0. The highest BCUT2D eigenvalue weighted by Gasteiger charge is 2.35. The molecule has 34 heavy (non-hydrogen) atoms. The standard InChI is InChI=1S/C21H25N11O2/c1-9-14-16(30-32(5)29-14)17-18(31(9)4)19(24-10(2)23-17)25-12-8-13(26-20(33)11-6-7-11)27-28-15(12)21(34)22-3/h8-9,11H,6-7H2,1-5H3,(H,22,34)(H2,23,24,25,26,27,33)/t9-/m1/s1/i3D3. The average molecular weight is 467 g/mol. The van der Waals surface area contributed by atoms with Crippen molar-refractivity contribution in [2.75, 3.05) is 29.6 Å². The number of nitrogens with one attached hydrogen (secondary N) is 3. The van der Waals surface area contributed by atoms with Crippen LogP contribution >= 0.6 is 0 Å². The Bertz CT molecular complexity index is 1420. The molecule has 5 rings (SSSR count). The molecule has 0 unspecified atom stereocenters. The van der Waals surface area contributed by atoms with E-state index in [0.29, 0.717) is 28.7 Å². The van der Waals surface area contributed by atoms with Crippen molar-refractivity contribution in [1.29, 1.82) is 0 Å². The van der Waals surface area contributed by atoms with E-state index in [0.717, 1.165) is 18.5 Å². The monoisotopic (exact) mass is 466 g/mol. The van der Waals surface area contributed by atoms with Crippen LogP contribution < -0.4 is 20.9 Å². The van der Waals surface area contributed by atoms with Gasteiger partial charge in [0.15, 0.2) is 17.3 Å². The Labute approximate surface area is 199 Å². The molecule has 3 N–H and O–H groups in total. The minimum Gasteiger partial charge on any atom is -0.361 e. The molecule has 13 nitrogen and oxygen atoms in total. The van der Waals surface area contributed by atoms with E-state index in [2.05, 4.69) is 41.0 Å². The second-order valence-electron chi connectivity index (χ2n) is 8.36. The number of carbonyl (C=O) groups is 2. The van der Waals surface area contributed by atoms with Crippen molar-refractivity contribution in [3.8, 4) is 11.4 Å². The Morgan fingerprint density at radius 2 is 1.94 bits per heavy atom. The van der Waals surface area contributed by atoms with Crippen molar-refractivity contribution < 1.29 is 13.7 Å². The third-order valence-electron chi connectivity index (χ3n) is 5.86. The van der Waals surface area contributed by atoms with Gasteiger partial charge in [-0.15, -0.1) is 10.2 Å². The van der Waals surface area contributed by atoms with Gasteiger partial charge in [-0.05, 0) is 26.7 Å². The molecule has 3 aromatic heterocycles. The molecule has 13 heteroatoms. The predicted octanol–water partition coefficient (Wildman–Crippen LogP) is 1.33. The molecule has 1 aliphatic carbocycles. The van der Waals surface area contributed by atoms with E-state index < -0.39 is 12.9 Å². The summed E-state index contributed by atoms with van der Waals surface area (Å²) in [5.74, 6) is -0.360. The zero-order valence-corrected chi connectivity index (χ0v) is 19.0. The fourth-order valence-electron chi connectivity index (χ4n) is 3.88. The van der Waals surface area contributed by atoms with E-state index in [1.807, 2.05) is 24.2 Å². The van der Waals surface area contributed by atoms with Gasteiger partial charge in [-0.1, -0.05) is 0 Å². The number of nitrogens with zero attached hydrogens (tertiary/aromatic N) is 8. The first-order valence-corrected chi connectivity index (χ1v) is 10.7. The average Bonchev–Trinajstić information content (AvgIpc) is 3.57. The molecule has 176 valence electrons. The number of anilines is 4. The van der Waals surface area contributed by atoms with E-state index in [-0.39, 0.29) is 35.1 Å². The second-order valence-corrected chi connectivity index (χ2v) is 8.36. The van der Waals surface area contributed by atoms with E-state index in [1.165, 1.54) is 10.9 Å². The molecule has 0 bridgehead atoms. The van der Waals surface area contributed by atoms with E-state index in [9.17, 15) is 9.59 Å². The summed E-state index contributed by atoms with van der Waals surface area (Å²) in [6.07, 6.45) is 1.59. The van der Waals surface area contributed by atoms with Gasteiger partial charge < -0.3 is 20.9 Å². The van der Waals surface area contributed by atoms with Crippen molar-refractivity contribution in [3.63, 3.8) is 0 Å². The molecule has 0 radical (unpaired) electrons. The maximum absolute atomic E-state index is 12.8. The summed E-state index contributed by atoms with van der Waals surface area (Å²) < 4.78 is 22.2. The first-order chi connectivity index (χ1) is 17.4. The van der Waals surface area contributed by atoms with Crippen LogP contribution in [0.25, 0.3) is 11.4 Å². The number of hydrogen-bond donors (Lipinski definition) is 3. The summed E-state index contributed by atoms with van der Waals surface area (Å²) in [7, 11) is 3.59. The van der Waals surface area contributed by atoms with Crippen molar-refractivity contribution in [3.05, 3.63) is 23.3 Å². The van der Waals surface area contributed by atoms with Gasteiger partial charge in [-0.25, -0.2) is 9.97 Å². The molecule has 1 fully saturated rings. The summed E-state index contributed by atoms with van der Waals surface area (Å²) in [5, 5.41) is 24.5. The minimum atomic E-state index is -2.74. The topological polar surface area (TPSA) is 156 Å². The number of rotatable bonds is 5. The number of aromatic nitrogens is 7. The van der Waals surface area contributed by atoms with Crippen LogP contribution in [0.1, 0.15) is 51.9 Å². The molecular formula is C21H25N11O2. The quantitative estimate of drug-likeness (QED) is 0.501. The molecule has 3 aromatic rings. The molecule has 1 aliphatic heterocycles. The molecule has 0 spiro atoms. The highest BCUT2D eigenvalue weighted by atomic mass is 16.2. The molecular weight excluding hydrogens is 438 g/mol. The number of fused-ring (bicyclic) bond motifs is 3. The highest BCUT2D eigenvalue weighted by molar-refractivity contribution is 6.00. The lowest BCUT2D eigenvalue weighted by Crippen LogP contribution is -2.29. The van der Waals surface area contributed by atoms with Crippen LogP contribution in [0.4, 0.5) is 23.0 Å². The summed E-state index contributed by atoms with van der Waals surface area (Å²) in [6.45, 7) is 0.945. The zero-order valence-electron chi connectivity index (χ0n) is 22.0. The third-order valence-corrected chi connectivity index (χ3v) is 5.86. The van der Waals surface area contributed by atoms with Gasteiger partial charge in [-0.2, -0.15) is 15.0 Å². The number of hydrogen-bond acceptors (Lipinski definition) is 10. The van der Waals surface area contributed by atoms with Crippen LogP contribution in [-0.4, -0.2) is 61.0 Å². The molecule has 0 saturated heterocycles. The van der Waals surface area contributed by atoms with Crippen molar-refractivity contribution in [2.45, 2.75) is 32.7 Å². The number of aryl methyl sites for hydroxylation is 2. The molecule has 1 atom stereocenters. The Morgan fingerprint density at radius 3 is 2.68 bits per heavy atom. The lowest BCUT2D eigenvalue weighted by molar-refractivity contribution is -0.117. The smallest absolute Gasteiger partial charge is 0.273 e. The summed E-state index contributed by atoms with van der Waals surface area (Å²) >= 11 is 0. The highest BCUT2D eigenvalue weighted by Crippen LogP contribution is 2.45. The predicted molar refractivity (Wildman–Crippen MR) is 124 cm³/mol. The van der Waals surface area contributed by atoms with Gasteiger partial charge in [0, 0.05) is 37.2 Å². The molecule has 0 aromatic carbocycles. The van der Waals surface area contributed by atoms with Gasteiger partial charge in [0.2, 0.25) is 5.91 Å². The van der Waals surface area contributed by atoms with Gasteiger partial charge in [0.25, 0.3) is 5.91 Å². The molecule has 4 heterocycles. The van der Waals surface area contributed by atoms with E-state index in [4.69, 9.17) is 4.11 Å². The first kappa shape index (κ1) is 18.3. The number of carbonyl (C=O) groups excluding carboxylic acids is 2. The molecule has 2 amide bonds. The van der Waals surface area contributed by atoms with Crippen molar-refractivity contribution in [2.24, 2.45) is 13.0 Å². The van der Waals surface area contributed by atoms with Crippen molar-refractivity contribution in [1.82, 2.24) is 40.5 Å². The maximum Gasteiger partial charge on any atom is 0.273 e.